The predicted octanol–water partition coefficient (Wildman–Crippen LogP) is 12.2. The molecule has 0 saturated carbocycles. The van der Waals surface area contributed by atoms with E-state index in [-0.39, 0.29) is 88.7 Å². The lowest BCUT2D eigenvalue weighted by molar-refractivity contribution is -0.156. The highest BCUT2D eigenvalue weighted by Crippen LogP contribution is 2.41. The number of carbonyl (C=O) groups excluding carboxylic acids is 11. The van der Waals surface area contributed by atoms with Gasteiger partial charge < -0.3 is 73.1 Å². The van der Waals surface area contributed by atoms with Crippen LogP contribution in [0.4, 0.5) is 10.5 Å². The van der Waals surface area contributed by atoms with Gasteiger partial charge in [0.1, 0.15) is 5.54 Å². The van der Waals surface area contributed by atoms with Crippen LogP contribution < -0.4 is 15.5 Å². The normalized spacial score (nSPS) is 16.0. The second-order valence-electron chi connectivity index (χ2n) is 29.1. The van der Waals surface area contributed by atoms with Crippen molar-refractivity contribution in [2.24, 2.45) is 21.7 Å². The molecule has 0 unspecified atom stereocenters. The van der Waals surface area contributed by atoms with E-state index in [9.17, 15) is 52.7 Å². The van der Waals surface area contributed by atoms with Crippen molar-refractivity contribution in [3.8, 4) is 0 Å². The summed E-state index contributed by atoms with van der Waals surface area (Å²) < 4.78 is 43.8. The summed E-state index contributed by atoms with van der Waals surface area (Å²) >= 11 is 4.82. The van der Waals surface area contributed by atoms with Gasteiger partial charge in [-0.15, -0.1) is 24.8 Å². The number of benzene rings is 5. The number of aliphatic hydroxyl groups excluding tert-OH is 1. The number of likely N-dealkylation sites (tertiary alicyclic amines) is 3. The monoisotopic (exact) mass is 1750 g/mol. The molecule has 5 aromatic rings. The summed E-state index contributed by atoms with van der Waals surface area (Å²) in [7, 11) is 12.3. The first-order valence-electron chi connectivity index (χ1n) is 40.5. The summed E-state index contributed by atoms with van der Waals surface area (Å²) in [6.07, 6.45) is 12.1. The van der Waals surface area contributed by atoms with Crippen molar-refractivity contribution in [1.29, 1.82) is 0 Å². The van der Waals surface area contributed by atoms with Crippen LogP contribution in [0.15, 0.2) is 164 Å². The second-order valence-corrected chi connectivity index (χ2v) is 29.6. The minimum Gasteiger partial charge on any atom is -0.469 e. The Morgan fingerprint density at radius 2 is 0.702 bits per heavy atom. The second kappa shape index (κ2) is 60.2. The van der Waals surface area contributed by atoms with Crippen LogP contribution in [0.3, 0.4) is 0 Å². The largest absolute Gasteiger partial charge is 0.469 e. The number of amides is 2. The quantitative estimate of drug-likeness (QED) is 0.0211. The summed E-state index contributed by atoms with van der Waals surface area (Å²) in [6, 6.07) is 49.6. The number of ether oxygens (including phenoxy) is 9. The number of esters is 8. The highest BCUT2D eigenvalue weighted by Gasteiger charge is 2.51. The van der Waals surface area contributed by atoms with E-state index >= 15 is 0 Å². The number of halogens is 3. The van der Waals surface area contributed by atoms with E-state index in [4.69, 9.17) is 45.1 Å². The van der Waals surface area contributed by atoms with Crippen molar-refractivity contribution in [2.45, 2.75) is 142 Å². The third-order valence-electron chi connectivity index (χ3n) is 21.8. The maximum atomic E-state index is 12.8. The Balaban J connectivity index is 0.000000731. The number of rotatable bonds is 25. The van der Waals surface area contributed by atoms with Gasteiger partial charge in [0, 0.05) is 71.0 Å². The van der Waals surface area contributed by atoms with Crippen LogP contribution in [-0.4, -0.2) is 239 Å². The summed E-state index contributed by atoms with van der Waals surface area (Å²) in [5.74, 6) is -1.82. The van der Waals surface area contributed by atoms with Gasteiger partial charge in [0.15, 0.2) is 0 Å². The molecular formula is C91H131Cl3N6O21. The number of piperidine rings is 5. The first-order chi connectivity index (χ1) is 57.3. The van der Waals surface area contributed by atoms with Crippen LogP contribution in [0.2, 0.25) is 0 Å². The topological polar surface area (TPSA) is 328 Å². The molecule has 0 aliphatic carbocycles. The molecule has 672 valence electrons. The maximum Gasteiger partial charge on any atom is 0.409 e. The lowest BCUT2D eigenvalue weighted by atomic mass is 9.73. The van der Waals surface area contributed by atoms with Gasteiger partial charge in [-0.2, -0.15) is 0 Å². The van der Waals surface area contributed by atoms with Crippen LogP contribution in [0, 0.1) is 21.7 Å². The molecule has 5 aliphatic rings. The zero-order valence-electron chi connectivity index (χ0n) is 72.7. The lowest BCUT2D eigenvalue weighted by Gasteiger charge is -2.46. The molecule has 30 heteroatoms. The lowest BCUT2D eigenvalue weighted by Crippen LogP contribution is -2.62. The number of aliphatic hydroxyl groups is 1. The van der Waals surface area contributed by atoms with Crippen LogP contribution in [0.1, 0.15) is 133 Å². The number of hydrogen-bond donors (Lipinski definition) is 3. The molecule has 5 aliphatic heterocycles. The van der Waals surface area contributed by atoms with Crippen molar-refractivity contribution in [3.05, 3.63) is 187 Å². The fourth-order valence-corrected chi connectivity index (χ4v) is 15.0. The molecule has 5 saturated heterocycles. The Morgan fingerprint density at radius 3 is 0.959 bits per heavy atom. The average molecular weight is 1750 g/mol. The standard InChI is InChI=1S/C20H28N2O5.C18H25NO4.C17H23NO4.2C14H19NO2.C4H6O2.C3H5ClO.CH4O.2ClH/c1-4-17(23)22(16-8-6-5-7-9-16)20(19(25)27-3)11-14-21(15-12-20)13-10-18(24)26-2;1-22-16(20)8-11-19-12-9-18(10-13-19,17(21)23-2)14-15-6-4-3-5-7-15;1-3-22-16(20)18-11-9-17(10-12-18,15(19)21-2)13-14-7-5-4-6-8-14;2*1-17-13(16)14(7-9-15-10-8-14)11-12-5-3-2-4-6-12;1-3-4(5)6-2;1-2-3(4)5;1-2;;/h5-9H,4,10-15H2,1-3H3;3-7H,8-14H2,1-2H3;4-8H,3,9-13H2,1-2H3;2*2-6,15H,7-11H2,1H3;3H,1H2,2H3;2H2,1H3;2H,1H3;2*1H. The van der Waals surface area contributed by atoms with E-state index in [0.717, 1.165) is 115 Å². The molecule has 5 heterocycles. The Morgan fingerprint density at radius 1 is 0.413 bits per heavy atom. The van der Waals surface area contributed by atoms with E-state index in [0.29, 0.717) is 116 Å². The Hall–Kier alpha value is -9.32. The zero-order valence-corrected chi connectivity index (χ0v) is 75.1. The molecule has 0 bridgehead atoms. The molecule has 0 aromatic heterocycles. The summed E-state index contributed by atoms with van der Waals surface area (Å²) in [6.45, 7) is 17.4. The van der Waals surface area contributed by atoms with Crippen molar-refractivity contribution in [1.82, 2.24) is 25.3 Å². The van der Waals surface area contributed by atoms with Gasteiger partial charge >= 0.3 is 53.8 Å². The molecular weight excluding hydrogens is 1620 g/mol. The molecule has 0 radical (unpaired) electrons. The van der Waals surface area contributed by atoms with Gasteiger partial charge in [0.2, 0.25) is 11.1 Å². The van der Waals surface area contributed by atoms with E-state index in [1.165, 1.54) is 68.0 Å². The van der Waals surface area contributed by atoms with E-state index in [1.54, 1.807) is 30.6 Å². The fourth-order valence-electron chi connectivity index (χ4n) is 15.0. The summed E-state index contributed by atoms with van der Waals surface area (Å²) in [5, 5.41) is 13.3. The van der Waals surface area contributed by atoms with Crippen molar-refractivity contribution < 1.29 is 100 Å². The van der Waals surface area contributed by atoms with Crippen molar-refractivity contribution in [3.63, 3.8) is 0 Å². The van der Waals surface area contributed by atoms with Gasteiger partial charge in [0.25, 0.3) is 0 Å². The molecule has 2 amide bonds. The molecule has 10 rings (SSSR count). The highest BCUT2D eigenvalue weighted by atomic mass is 35.5. The number of methoxy groups -OCH3 is 8. The Kier molecular flexibility index (Phi) is 54.6. The van der Waals surface area contributed by atoms with E-state index < -0.39 is 28.3 Å². The third-order valence-corrected chi connectivity index (χ3v) is 22.1. The molecule has 0 atom stereocenters. The number of nitrogens with zero attached hydrogens (tertiary/aromatic N) is 4. The number of anilines is 1. The van der Waals surface area contributed by atoms with Crippen LogP contribution in [-0.2, 0) is 116 Å². The Bertz CT molecular complexity index is 3740. The Labute approximate surface area is 733 Å². The van der Waals surface area contributed by atoms with E-state index in [2.05, 4.69) is 65.5 Å². The fraction of sp³-hybridized carbons (Fsp3) is 0.527. The van der Waals surface area contributed by atoms with Crippen molar-refractivity contribution in [2.75, 3.05) is 154 Å². The number of carbonyl (C=O) groups is 11. The molecule has 5 fully saturated rings. The highest BCUT2D eigenvalue weighted by molar-refractivity contribution is 6.63. The van der Waals surface area contributed by atoms with Crippen molar-refractivity contribution >= 4 is 107 Å². The first-order valence-corrected chi connectivity index (χ1v) is 40.9. The van der Waals surface area contributed by atoms with Crippen LogP contribution >= 0.6 is 36.4 Å². The SMILES string of the molecule is C=CC(=O)OC.CCC(=O)Cl.CCC(=O)N(c1ccccc1)C1(C(=O)OC)CCN(CCC(=O)OC)CC1.CCOC(=O)N1CCC(Cc2ccccc2)(C(=O)OC)CC1.CO.COC(=O)C1(Cc2ccccc2)CCNCC1.COC(=O)C1(Cc2ccccc2)CCNCC1.COC(=O)CCN1CCC(Cc2ccccc2)(C(=O)OC)CC1.Cl.Cl. The van der Waals surface area contributed by atoms with Gasteiger partial charge in [0.05, 0.1) is 98.0 Å². The molecule has 0 spiro atoms. The molecule has 27 nitrogen and oxygen atoms in total. The van der Waals surface area contributed by atoms with E-state index in [1.807, 2.05) is 127 Å². The third kappa shape index (κ3) is 36.3. The summed E-state index contributed by atoms with van der Waals surface area (Å²) in [5.41, 5.74) is 2.65. The first kappa shape index (κ1) is 110. The summed E-state index contributed by atoms with van der Waals surface area (Å²) in [4.78, 5) is 136. The minimum atomic E-state index is -1.04. The van der Waals surface area contributed by atoms with Gasteiger partial charge in [-0.25, -0.2) is 14.4 Å². The smallest absolute Gasteiger partial charge is 0.409 e. The van der Waals surface area contributed by atoms with Crippen LogP contribution in [0.25, 0.3) is 0 Å². The van der Waals surface area contributed by atoms with Crippen LogP contribution in [0.5, 0.6) is 0 Å². The molecule has 3 N–H and O–H groups in total. The average Bonchev–Trinajstić information content (AvgIpc) is 0.761. The molecule has 121 heavy (non-hydrogen) atoms. The number of hydrogen-bond acceptors (Lipinski definition) is 25. The number of para-hydroxylation sites is 1. The molecule has 5 aromatic carbocycles. The van der Waals surface area contributed by atoms with Gasteiger partial charge in [-0.1, -0.05) is 160 Å². The maximum absolute atomic E-state index is 12.8. The van der Waals surface area contributed by atoms with Gasteiger partial charge in [-0.05, 0) is 182 Å². The van der Waals surface area contributed by atoms with Gasteiger partial charge in [-0.3, -0.25) is 43.3 Å². The predicted molar refractivity (Wildman–Crippen MR) is 470 cm³/mol. The number of nitrogens with one attached hydrogen (secondary N) is 2. The minimum absolute atomic E-state index is 0. The zero-order chi connectivity index (χ0) is 88.1.